The fourth-order valence-corrected chi connectivity index (χ4v) is 0.0373. The van der Waals surface area contributed by atoms with Crippen LogP contribution >= 0.6 is 0 Å². The normalized spacial score (nSPS) is 21.4. The Balaban J connectivity index is 0. The van der Waals surface area contributed by atoms with Crippen molar-refractivity contribution >= 4 is 23.1 Å². The second kappa shape index (κ2) is 3.37. The molecular formula is CH4MgO4Ti. The van der Waals surface area contributed by atoms with Crippen molar-refractivity contribution in [1.82, 2.24) is 0 Å². The largest absolute Gasteiger partial charge is 0.461 e. The van der Waals surface area contributed by atoms with E-state index in [-0.39, 0.29) is 44.8 Å². The van der Waals surface area contributed by atoms with E-state index in [4.69, 9.17) is 10.2 Å². The smallest absolute Gasteiger partial charge is 0.315 e. The van der Waals surface area contributed by atoms with E-state index in [1.54, 1.807) is 0 Å². The molecule has 0 spiro atoms. The van der Waals surface area contributed by atoms with Gasteiger partial charge in [-0.1, -0.05) is 0 Å². The molecule has 0 atom stereocenters. The van der Waals surface area contributed by atoms with Crippen LogP contribution in [0, 0.1) is 0 Å². The minimum Gasteiger partial charge on any atom is -0.315 e. The van der Waals surface area contributed by atoms with Crippen LogP contribution in [0.15, 0.2) is 0 Å². The molecular weight excluding hydrogens is 148 g/mol. The van der Waals surface area contributed by atoms with Crippen LogP contribution in [0.2, 0.25) is 0 Å². The first-order chi connectivity index (χ1) is 2.21. The summed E-state index contributed by atoms with van der Waals surface area (Å²) in [6.07, 6.45) is -2.25. The van der Waals surface area contributed by atoms with E-state index in [1.165, 1.54) is 0 Å². The Labute approximate surface area is 70.8 Å². The molecule has 0 amide bonds. The van der Waals surface area contributed by atoms with Crippen LogP contribution in [0.5, 0.6) is 0 Å². The maximum Gasteiger partial charge on any atom is 0.461 e. The first-order valence-electron chi connectivity index (χ1n) is 1.02. The Morgan fingerprint density at radius 1 is 1.14 bits per heavy atom. The number of aliphatic hydroxyl groups is 2. The topological polar surface area (TPSA) is 65.5 Å². The monoisotopic (exact) mass is 152 g/mol. The predicted molar refractivity (Wildman–Crippen MR) is 17.9 cm³/mol. The number of hydrogen-bond donors (Lipinski definition) is 2. The number of rotatable bonds is 0. The molecule has 2 N–H and O–H groups in total. The zero-order valence-electron chi connectivity index (χ0n) is 2.71. The first kappa shape index (κ1) is 11.2. The maximum atomic E-state index is 7.74. The minimum atomic E-state index is -2.25. The van der Waals surface area contributed by atoms with E-state index in [1.807, 2.05) is 0 Å². The second-order valence-electron chi connectivity index (χ2n) is 0.715. The van der Waals surface area contributed by atoms with Crippen molar-refractivity contribution < 1.29 is 41.7 Å². The summed E-state index contributed by atoms with van der Waals surface area (Å²) in [5.41, 5.74) is 0. The summed E-state index contributed by atoms with van der Waals surface area (Å²) in [5.74, 6) is 0. The standard InChI is InChI=1S/CH2O4.Mg.Ti.2H/c2-1(3)4-5-1;;;;/h2-3H;;;;. The summed E-state index contributed by atoms with van der Waals surface area (Å²) >= 11 is 0. The molecule has 0 aromatic rings. The van der Waals surface area contributed by atoms with Crippen molar-refractivity contribution in [1.29, 1.82) is 0 Å². The van der Waals surface area contributed by atoms with Crippen molar-refractivity contribution in [3.8, 4) is 0 Å². The van der Waals surface area contributed by atoms with E-state index in [2.05, 4.69) is 9.78 Å². The molecule has 7 heavy (non-hydrogen) atoms. The Morgan fingerprint density at radius 2 is 1.29 bits per heavy atom. The fraction of sp³-hybridized carbons (Fsp3) is 1.00. The zero-order chi connectivity index (χ0) is 3.91. The summed E-state index contributed by atoms with van der Waals surface area (Å²) in [4.78, 5) is 7.01. The summed E-state index contributed by atoms with van der Waals surface area (Å²) in [5, 5.41) is 15.5. The summed E-state index contributed by atoms with van der Waals surface area (Å²) in [6, 6.07) is 0. The quantitative estimate of drug-likeness (QED) is 0.176. The van der Waals surface area contributed by atoms with Crippen molar-refractivity contribution in [2.45, 2.75) is 6.16 Å². The maximum absolute atomic E-state index is 7.74. The van der Waals surface area contributed by atoms with E-state index in [9.17, 15) is 0 Å². The molecule has 38 valence electrons. The summed E-state index contributed by atoms with van der Waals surface area (Å²) in [7, 11) is 0. The Kier molecular flexibility index (Phi) is 5.37. The third-order valence-corrected chi connectivity index (χ3v) is 0.232. The molecule has 4 nitrogen and oxygen atoms in total. The molecule has 1 heterocycles. The van der Waals surface area contributed by atoms with Gasteiger partial charge in [0.15, 0.2) is 0 Å². The van der Waals surface area contributed by atoms with Crippen LogP contribution in [-0.2, 0) is 31.5 Å². The van der Waals surface area contributed by atoms with Crippen LogP contribution in [0.1, 0.15) is 0 Å². The summed E-state index contributed by atoms with van der Waals surface area (Å²) in [6.45, 7) is 0. The Morgan fingerprint density at radius 3 is 1.29 bits per heavy atom. The molecule has 1 aliphatic rings. The molecule has 0 aliphatic carbocycles. The minimum absolute atomic E-state index is 0. The van der Waals surface area contributed by atoms with Gasteiger partial charge in [0.05, 0.1) is 0 Å². The number of hydrogen-bond acceptors (Lipinski definition) is 4. The van der Waals surface area contributed by atoms with Crippen LogP contribution in [-0.4, -0.2) is 39.4 Å². The molecule has 1 fully saturated rings. The van der Waals surface area contributed by atoms with Gasteiger partial charge in [0.1, 0.15) is 0 Å². The van der Waals surface area contributed by atoms with Gasteiger partial charge in [-0.2, -0.15) is 0 Å². The summed E-state index contributed by atoms with van der Waals surface area (Å²) < 4.78 is 0. The van der Waals surface area contributed by atoms with Gasteiger partial charge in [0.2, 0.25) is 0 Å². The average Bonchev–Trinajstić information content (AvgIpc) is 1.76. The van der Waals surface area contributed by atoms with Gasteiger partial charge in [-0.3, -0.25) is 0 Å². The molecule has 6 heteroatoms. The second-order valence-corrected chi connectivity index (χ2v) is 0.715. The molecule has 1 rings (SSSR count). The third-order valence-electron chi connectivity index (χ3n) is 0.232. The zero-order valence-corrected chi connectivity index (χ0v) is 4.27. The molecule has 0 radical (unpaired) electrons. The van der Waals surface area contributed by atoms with Gasteiger partial charge in [-0.15, -0.1) is 9.78 Å². The SMILES string of the molecule is OC1(O)OO1.[MgH2].[Ti]. The van der Waals surface area contributed by atoms with Gasteiger partial charge in [-0.05, 0) is 0 Å². The molecule has 1 saturated heterocycles. The van der Waals surface area contributed by atoms with Gasteiger partial charge in [0, 0.05) is 21.7 Å². The van der Waals surface area contributed by atoms with E-state index in [0.29, 0.717) is 0 Å². The van der Waals surface area contributed by atoms with Crippen molar-refractivity contribution in [3.05, 3.63) is 0 Å². The molecule has 0 unspecified atom stereocenters. The molecule has 0 bridgehead atoms. The van der Waals surface area contributed by atoms with Crippen LogP contribution in [0.4, 0.5) is 0 Å². The van der Waals surface area contributed by atoms with Crippen molar-refractivity contribution in [3.63, 3.8) is 0 Å². The average molecular weight is 152 g/mol. The molecule has 1 aliphatic heterocycles. The first-order valence-corrected chi connectivity index (χ1v) is 1.02. The molecule has 0 aromatic heterocycles. The van der Waals surface area contributed by atoms with Crippen LogP contribution < -0.4 is 0 Å². The van der Waals surface area contributed by atoms with Gasteiger partial charge < -0.3 is 10.2 Å². The fourth-order valence-electron chi connectivity index (χ4n) is 0.0373. The Hall–Kier alpha value is 1.32. The Bertz CT molecular complexity index is 49.7. The third kappa shape index (κ3) is 5.19. The van der Waals surface area contributed by atoms with Crippen LogP contribution in [0.25, 0.3) is 0 Å². The molecule has 0 saturated carbocycles. The van der Waals surface area contributed by atoms with Crippen LogP contribution in [0.3, 0.4) is 0 Å². The van der Waals surface area contributed by atoms with Crippen molar-refractivity contribution in [2.75, 3.05) is 0 Å². The van der Waals surface area contributed by atoms with E-state index >= 15 is 0 Å². The van der Waals surface area contributed by atoms with Gasteiger partial charge in [0.25, 0.3) is 0 Å². The van der Waals surface area contributed by atoms with E-state index < -0.39 is 6.16 Å². The molecule has 0 aromatic carbocycles. The van der Waals surface area contributed by atoms with Gasteiger partial charge in [-0.25, -0.2) is 0 Å². The van der Waals surface area contributed by atoms with Crippen molar-refractivity contribution in [2.24, 2.45) is 0 Å². The van der Waals surface area contributed by atoms with Gasteiger partial charge >= 0.3 is 29.2 Å². The predicted octanol–water partition coefficient (Wildman–Crippen LogP) is -2.37. The van der Waals surface area contributed by atoms with E-state index in [0.717, 1.165) is 0 Å².